The predicted octanol–water partition coefficient (Wildman–Crippen LogP) is 11.1. The van der Waals surface area contributed by atoms with Gasteiger partial charge in [-0.1, -0.05) is 94.7 Å². The number of phenols is 1. The normalized spacial score (nSPS) is 32.5. The number of methoxy groups -OCH3 is 1. The average Bonchev–Trinajstić information content (AvgIpc) is 3.34. The lowest BCUT2D eigenvalue weighted by atomic mass is 9.43. The molecule has 2 saturated carbocycles. The number of ether oxygens (including phenoxy) is 1. The van der Waals surface area contributed by atoms with Gasteiger partial charge in [0.15, 0.2) is 5.78 Å². The minimum atomic E-state index is -0.203. The molecule has 2 fully saturated rings. The van der Waals surface area contributed by atoms with Crippen LogP contribution < -0.4 is 4.74 Å². The SMILES string of the molecule is CC(C)=CCCC(C)C1CCC2(C)C3=C(CCC12C)C1(C)CCC(O)C(C)(C)C1CC3.COc1ccc(C(=O)c2ccccc2)c(O)c1. The van der Waals surface area contributed by atoms with E-state index in [1.807, 2.05) is 17.2 Å². The number of carbonyl (C=O) groups is 1. The third-order valence-corrected chi connectivity index (χ3v) is 14.1. The van der Waals surface area contributed by atoms with E-state index in [9.17, 15) is 15.0 Å². The molecule has 0 radical (unpaired) electrons. The molecule has 0 amide bonds. The summed E-state index contributed by atoms with van der Waals surface area (Å²) in [5.74, 6) is 2.57. The average molecular weight is 655 g/mol. The summed E-state index contributed by atoms with van der Waals surface area (Å²) >= 11 is 0. The molecule has 0 aromatic heterocycles. The summed E-state index contributed by atoms with van der Waals surface area (Å²) in [6.07, 6.45) is 15.2. The van der Waals surface area contributed by atoms with Crippen LogP contribution in [0.4, 0.5) is 0 Å². The quantitative estimate of drug-likeness (QED) is 0.230. The minimum Gasteiger partial charge on any atom is -0.507 e. The van der Waals surface area contributed by atoms with E-state index in [0.717, 1.165) is 18.3 Å². The molecule has 4 nitrogen and oxygen atoms in total. The van der Waals surface area contributed by atoms with E-state index >= 15 is 0 Å². The van der Waals surface area contributed by atoms with Gasteiger partial charge in [0.2, 0.25) is 0 Å². The van der Waals surface area contributed by atoms with Crippen molar-refractivity contribution in [3.05, 3.63) is 82.5 Å². The fourth-order valence-electron chi connectivity index (χ4n) is 11.0. The first-order valence-corrected chi connectivity index (χ1v) is 18.6. The Morgan fingerprint density at radius 3 is 2.29 bits per heavy atom. The van der Waals surface area contributed by atoms with Gasteiger partial charge in [-0.15, -0.1) is 0 Å². The van der Waals surface area contributed by atoms with E-state index in [2.05, 4.69) is 61.5 Å². The Bertz CT molecular complexity index is 1530. The van der Waals surface area contributed by atoms with Crippen molar-refractivity contribution in [2.24, 2.45) is 39.4 Å². The van der Waals surface area contributed by atoms with Gasteiger partial charge in [-0.05, 0) is 130 Å². The Labute approximate surface area is 291 Å². The molecule has 4 aliphatic rings. The molecule has 262 valence electrons. The van der Waals surface area contributed by atoms with Crippen LogP contribution in [-0.2, 0) is 0 Å². The van der Waals surface area contributed by atoms with Crippen molar-refractivity contribution in [2.45, 2.75) is 126 Å². The van der Waals surface area contributed by atoms with Gasteiger partial charge in [0.25, 0.3) is 0 Å². The van der Waals surface area contributed by atoms with Crippen LogP contribution in [0, 0.1) is 39.4 Å². The number of allylic oxidation sites excluding steroid dienone is 4. The van der Waals surface area contributed by atoms with E-state index in [4.69, 9.17) is 4.74 Å². The molecule has 4 aliphatic carbocycles. The summed E-state index contributed by atoms with van der Waals surface area (Å²) in [4.78, 5) is 12.1. The summed E-state index contributed by atoms with van der Waals surface area (Å²) in [5.41, 5.74) is 7.23. The summed E-state index contributed by atoms with van der Waals surface area (Å²) in [7, 11) is 1.51. The first kappa shape index (κ1) is 36.4. The Hall–Kier alpha value is -2.85. The molecule has 0 bridgehead atoms. The van der Waals surface area contributed by atoms with Gasteiger partial charge in [0.1, 0.15) is 11.5 Å². The van der Waals surface area contributed by atoms with Crippen LogP contribution in [0.5, 0.6) is 11.5 Å². The summed E-state index contributed by atoms with van der Waals surface area (Å²) in [6, 6.07) is 13.5. The maximum Gasteiger partial charge on any atom is 0.196 e. The molecular formula is C44H62O4. The topological polar surface area (TPSA) is 66.8 Å². The van der Waals surface area contributed by atoms with Crippen molar-refractivity contribution in [1.82, 2.24) is 0 Å². The van der Waals surface area contributed by atoms with Crippen LogP contribution in [-0.4, -0.2) is 29.2 Å². The van der Waals surface area contributed by atoms with Crippen LogP contribution in [0.3, 0.4) is 0 Å². The molecule has 0 spiro atoms. The lowest BCUT2D eigenvalue weighted by Crippen LogP contribution is -2.55. The van der Waals surface area contributed by atoms with E-state index in [1.165, 1.54) is 76.5 Å². The number of fused-ring (bicyclic) bond motifs is 4. The smallest absolute Gasteiger partial charge is 0.196 e. The zero-order chi connectivity index (χ0) is 35.1. The number of aromatic hydroxyl groups is 1. The van der Waals surface area contributed by atoms with Crippen molar-refractivity contribution in [1.29, 1.82) is 0 Å². The summed E-state index contributed by atoms with van der Waals surface area (Å²) in [6.45, 7) is 19.6. The number of aliphatic hydroxyl groups excluding tert-OH is 1. The van der Waals surface area contributed by atoms with Gasteiger partial charge in [0, 0.05) is 11.6 Å². The standard InChI is InChI=1S/C30H50O.C14H12O3/c1-20(2)10-9-11-21(3)22-14-18-30(8)24-12-13-25-27(4,5)26(31)16-17-28(25,6)23(24)15-19-29(22,30)7;1-17-11-7-8-12(13(15)9-11)14(16)10-5-3-2-4-6-10/h10,21-22,25-26,31H,9,11-19H2,1-8H3;2-9,15H,1H3. The number of phenolic OH excluding ortho intramolecular Hbond substituents is 1. The second-order valence-electron chi connectivity index (χ2n) is 17.2. The third-order valence-electron chi connectivity index (χ3n) is 14.1. The van der Waals surface area contributed by atoms with Crippen LogP contribution in [0.2, 0.25) is 0 Å². The highest BCUT2D eigenvalue weighted by Gasteiger charge is 2.63. The molecule has 0 aliphatic heterocycles. The Balaban J connectivity index is 0.000000224. The minimum absolute atomic E-state index is 0.0465. The second-order valence-corrected chi connectivity index (χ2v) is 17.2. The number of rotatable bonds is 7. The van der Waals surface area contributed by atoms with Gasteiger partial charge in [0.05, 0.1) is 18.8 Å². The number of ketones is 1. The molecule has 0 heterocycles. The van der Waals surface area contributed by atoms with E-state index in [1.54, 1.807) is 36.4 Å². The maximum absolute atomic E-state index is 12.1. The molecule has 2 aromatic carbocycles. The molecule has 2 aromatic rings. The van der Waals surface area contributed by atoms with Gasteiger partial charge in [-0.25, -0.2) is 0 Å². The summed E-state index contributed by atoms with van der Waals surface area (Å²) < 4.78 is 4.96. The van der Waals surface area contributed by atoms with E-state index < -0.39 is 0 Å². The highest BCUT2D eigenvalue weighted by atomic mass is 16.5. The van der Waals surface area contributed by atoms with Crippen LogP contribution in [0.1, 0.15) is 136 Å². The van der Waals surface area contributed by atoms with Crippen molar-refractivity contribution in [2.75, 3.05) is 7.11 Å². The first-order chi connectivity index (χ1) is 22.6. The van der Waals surface area contributed by atoms with Gasteiger partial charge < -0.3 is 14.9 Å². The molecule has 7 atom stereocenters. The number of hydrogen-bond acceptors (Lipinski definition) is 4. The largest absolute Gasteiger partial charge is 0.507 e. The first-order valence-electron chi connectivity index (χ1n) is 18.6. The highest BCUT2D eigenvalue weighted by Crippen LogP contribution is 2.72. The molecular weight excluding hydrogens is 592 g/mol. The molecule has 0 saturated heterocycles. The van der Waals surface area contributed by atoms with Crippen molar-refractivity contribution >= 4 is 5.78 Å². The number of aliphatic hydroxyl groups is 1. The van der Waals surface area contributed by atoms with Gasteiger partial charge >= 0.3 is 0 Å². The Kier molecular flexibility index (Phi) is 10.5. The highest BCUT2D eigenvalue weighted by molar-refractivity contribution is 6.10. The van der Waals surface area contributed by atoms with Crippen LogP contribution in [0.15, 0.2) is 71.3 Å². The van der Waals surface area contributed by atoms with Crippen molar-refractivity contribution in [3.8, 4) is 11.5 Å². The van der Waals surface area contributed by atoms with Crippen LogP contribution >= 0.6 is 0 Å². The molecule has 7 unspecified atom stereocenters. The lowest BCUT2D eigenvalue weighted by Gasteiger charge is -2.62. The van der Waals surface area contributed by atoms with E-state index in [-0.39, 0.29) is 28.6 Å². The van der Waals surface area contributed by atoms with Gasteiger partial charge in [-0.3, -0.25) is 4.79 Å². The number of benzene rings is 2. The predicted molar refractivity (Wildman–Crippen MR) is 197 cm³/mol. The zero-order valence-electron chi connectivity index (χ0n) is 31.3. The Morgan fingerprint density at radius 1 is 0.938 bits per heavy atom. The number of carbonyl (C=O) groups excluding carboxylic acids is 1. The van der Waals surface area contributed by atoms with Crippen molar-refractivity contribution in [3.63, 3.8) is 0 Å². The molecule has 4 heteroatoms. The third kappa shape index (κ3) is 6.32. The summed E-state index contributed by atoms with van der Waals surface area (Å²) in [5, 5.41) is 20.6. The molecule has 6 rings (SSSR count). The number of hydrogen-bond donors (Lipinski definition) is 2. The molecule has 2 N–H and O–H groups in total. The van der Waals surface area contributed by atoms with E-state index in [0.29, 0.717) is 33.5 Å². The second kappa shape index (κ2) is 13.8. The maximum atomic E-state index is 12.1. The zero-order valence-corrected chi connectivity index (χ0v) is 31.3. The van der Waals surface area contributed by atoms with Gasteiger partial charge in [-0.2, -0.15) is 0 Å². The molecule has 48 heavy (non-hydrogen) atoms. The van der Waals surface area contributed by atoms with Crippen LogP contribution in [0.25, 0.3) is 0 Å². The lowest BCUT2D eigenvalue weighted by molar-refractivity contribution is -0.0962. The fourth-order valence-corrected chi connectivity index (χ4v) is 11.0. The van der Waals surface area contributed by atoms with Crippen molar-refractivity contribution < 1.29 is 19.7 Å². The monoisotopic (exact) mass is 654 g/mol. The Morgan fingerprint density at radius 2 is 1.65 bits per heavy atom. The fraction of sp³-hybridized carbons (Fsp3) is 0.614.